The molecule has 0 aromatic heterocycles. The Morgan fingerprint density at radius 1 is 0.811 bits per heavy atom. The number of hydrazone groups is 1. The van der Waals surface area contributed by atoms with Crippen molar-refractivity contribution < 1.29 is 38.2 Å². The quantitative estimate of drug-likeness (QED) is 0.142. The molecule has 0 unspecified atom stereocenters. The highest BCUT2D eigenvalue weighted by atomic mass is 16.6. The fourth-order valence-electron chi connectivity index (χ4n) is 3.17. The summed E-state index contributed by atoms with van der Waals surface area (Å²) in [5.74, 6) is 0.0812. The zero-order valence-corrected chi connectivity index (χ0v) is 20.3. The standard InChI is InChI=1S/C25H23N3O9/c1-33-20-11-15(14-26-27-24(29)16-6-8-18(9-7-16)28(31)32)5-10-19(20)37-25(30)17-12-21(34-2)23(36-4)22(13-17)35-3/h5-14H,1-4H3,(H,27,29)/b26-14+. The number of nitro benzene ring substituents is 1. The molecule has 0 aliphatic rings. The van der Waals surface area contributed by atoms with Crippen LogP contribution in [0.1, 0.15) is 26.3 Å². The molecule has 0 saturated carbocycles. The van der Waals surface area contributed by atoms with Gasteiger partial charge in [0.05, 0.1) is 45.1 Å². The molecule has 3 aromatic carbocycles. The Morgan fingerprint density at radius 3 is 1.97 bits per heavy atom. The van der Waals surface area contributed by atoms with Crippen LogP contribution in [0, 0.1) is 10.1 Å². The van der Waals surface area contributed by atoms with Gasteiger partial charge in [0.2, 0.25) is 5.75 Å². The minimum absolute atomic E-state index is 0.127. The zero-order chi connectivity index (χ0) is 26.9. The van der Waals surface area contributed by atoms with Crippen molar-refractivity contribution in [3.8, 4) is 28.7 Å². The summed E-state index contributed by atoms with van der Waals surface area (Å²) in [5.41, 5.74) is 3.11. The maximum Gasteiger partial charge on any atom is 0.343 e. The zero-order valence-electron chi connectivity index (χ0n) is 20.3. The maximum absolute atomic E-state index is 12.8. The number of methoxy groups -OCH3 is 4. The Balaban J connectivity index is 1.72. The van der Waals surface area contributed by atoms with Crippen molar-refractivity contribution >= 4 is 23.8 Å². The number of carbonyl (C=O) groups is 2. The van der Waals surface area contributed by atoms with Crippen LogP contribution in [0.2, 0.25) is 0 Å². The van der Waals surface area contributed by atoms with Crippen molar-refractivity contribution in [3.63, 3.8) is 0 Å². The number of carbonyl (C=O) groups excluding carboxylic acids is 2. The first-order chi connectivity index (χ1) is 17.8. The van der Waals surface area contributed by atoms with Crippen LogP contribution in [-0.2, 0) is 0 Å². The molecular formula is C25H23N3O9. The van der Waals surface area contributed by atoms with E-state index in [-0.39, 0.29) is 28.3 Å². The highest BCUT2D eigenvalue weighted by molar-refractivity contribution is 5.95. The van der Waals surface area contributed by atoms with Gasteiger partial charge in [0.1, 0.15) is 0 Å². The molecule has 12 nitrogen and oxygen atoms in total. The Hall–Kier alpha value is -5.13. The summed E-state index contributed by atoms with van der Waals surface area (Å²) >= 11 is 0. The Labute approximate surface area is 211 Å². The number of nitro groups is 1. The van der Waals surface area contributed by atoms with Crippen molar-refractivity contribution in [3.05, 3.63) is 81.4 Å². The van der Waals surface area contributed by atoms with Gasteiger partial charge in [0.15, 0.2) is 23.0 Å². The summed E-state index contributed by atoms with van der Waals surface area (Å²) in [5, 5.41) is 14.6. The topological polar surface area (TPSA) is 148 Å². The lowest BCUT2D eigenvalue weighted by Gasteiger charge is -2.14. The third-order valence-electron chi connectivity index (χ3n) is 5.01. The fraction of sp³-hybridized carbons (Fsp3) is 0.160. The molecule has 0 aliphatic carbocycles. The van der Waals surface area contributed by atoms with Crippen LogP contribution in [0.4, 0.5) is 5.69 Å². The second-order valence-corrected chi connectivity index (χ2v) is 7.22. The van der Waals surface area contributed by atoms with Gasteiger partial charge in [0.25, 0.3) is 11.6 Å². The molecule has 0 spiro atoms. The van der Waals surface area contributed by atoms with Gasteiger partial charge in [-0.05, 0) is 48.0 Å². The molecule has 0 aliphatic heterocycles. The van der Waals surface area contributed by atoms with Gasteiger partial charge in [-0.25, -0.2) is 10.2 Å². The number of rotatable bonds is 10. The van der Waals surface area contributed by atoms with Gasteiger partial charge in [-0.2, -0.15) is 5.10 Å². The summed E-state index contributed by atoms with van der Waals surface area (Å²) in [7, 11) is 5.73. The molecule has 12 heteroatoms. The number of hydrogen-bond donors (Lipinski definition) is 1. The first-order valence-electron chi connectivity index (χ1n) is 10.6. The number of hydrogen-bond acceptors (Lipinski definition) is 10. The van der Waals surface area contributed by atoms with Crippen molar-refractivity contribution in [2.45, 2.75) is 0 Å². The first-order valence-corrected chi connectivity index (χ1v) is 10.6. The van der Waals surface area contributed by atoms with Gasteiger partial charge in [-0.3, -0.25) is 14.9 Å². The van der Waals surface area contributed by atoms with E-state index in [2.05, 4.69) is 10.5 Å². The molecule has 0 bridgehead atoms. The summed E-state index contributed by atoms with van der Waals surface area (Å²) in [6.07, 6.45) is 1.36. The van der Waals surface area contributed by atoms with Gasteiger partial charge < -0.3 is 23.7 Å². The molecule has 3 aromatic rings. The van der Waals surface area contributed by atoms with E-state index in [0.29, 0.717) is 22.8 Å². The van der Waals surface area contributed by atoms with E-state index in [4.69, 9.17) is 23.7 Å². The van der Waals surface area contributed by atoms with E-state index in [1.165, 1.54) is 77.1 Å². The average Bonchev–Trinajstić information content (AvgIpc) is 2.92. The summed E-state index contributed by atoms with van der Waals surface area (Å²) in [6.45, 7) is 0. The van der Waals surface area contributed by atoms with Crippen LogP contribution in [0.5, 0.6) is 28.7 Å². The monoisotopic (exact) mass is 509 g/mol. The largest absolute Gasteiger partial charge is 0.493 e. The molecule has 1 N–H and O–H groups in total. The Kier molecular flexibility index (Phi) is 8.60. The SMILES string of the molecule is COc1cc(/C=N/NC(=O)c2ccc([N+](=O)[O-])cc2)ccc1OC(=O)c1cc(OC)c(OC)c(OC)c1. The Morgan fingerprint density at radius 2 is 1.43 bits per heavy atom. The number of non-ortho nitro benzene ring substituents is 1. The van der Waals surface area contributed by atoms with Crippen LogP contribution in [0.3, 0.4) is 0 Å². The minimum atomic E-state index is -0.686. The molecule has 0 saturated heterocycles. The molecule has 37 heavy (non-hydrogen) atoms. The van der Waals surface area contributed by atoms with Gasteiger partial charge in [-0.15, -0.1) is 0 Å². The third kappa shape index (κ3) is 6.31. The number of nitrogens with zero attached hydrogens (tertiary/aromatic N) is 2. The maximum atomic E-state index is 12.8. The summed E-state index contributed by atoms with van der Waals surface area (Å²) in [4.78, 5) is 35.1. The van der Waals surface area contributed by atoms with Gasteiger partial charge >= 0.3 is 5.97 Å². The van der Waals surface area contributed by atoms with Crippen LogP contribution in [0.25, 0.3) is 0 Å². The summed E-state index contributed by atoms with van der Waals surface area (Å²) in [6, 6.07) is 12.7. The Bertz CT molecular complexity index is 1310. The van der Waals surface area contributed by atoms with E-state index in [9.17, 15) is 19.7 Å². The van der Waals surface area contributed by atoms with E-state index in [1.807, 2.05) is 0 Å². The number of nitrogens with one attached hydrogen (secondary N) is 1. The van der Waals surface area contributed by atoms with E-state index in [1.54, 1.807) is 12.1 Å². The number of ether oxygens (including phenoxy) is 5. The summed E-state index contributed by atoms with van der Waals surface area (Å²) < 4.78 is 26.6. The van der Waals surface area contributed by atoms with Crippen molar-refractivity contribution in [1.82, 2.24) is 5.43 Å². The predicted octanol–water partition coefficient (Wildman–Crippen LogP) is 3.61. The molecule has 0 heterocycles. The van der Waals surface area contributed by atoms with Crippen molar-refractivity contribution in [2.24, 2.45) is 5.10 Å². The molecule has 0 atom stereocenters. The lowest BCUT2D eigenvalue weighted by Crippen LogP contribution is -2.17. The van der Waals surface area contributed by atoms with E-state index >= 15 is 0 Å². The molecule has 3 rings (SSSR count). The van der Waals surface area contributed by atoms with Gasteiger partial charge in [0, 0.05) is 17.7 Å². The smallest absolute Gasteiger partial charge is 0.343 e. The fourth-order valence-corrected chi connectivity index (χ4v) is 3.17. The second kappa shape index (κ2) is 12.0. The van der Waals surface area contributed by atoms with Crippen LogP contribution < -0.4 is 29.1 Å². The van der Waals surface area contributed by atoms with Crippen molar-refractivity contribution in [2.75, 3.05) is 28.4 Å². The lowest BCUT2D eigenvalue weighted by molar-refractivity contribution is -0.384. The highest BCUT2D eigenvalue weighted by Gasteiger charge is 2.19. The molecule has 192 valence electrons. The van der Waals surface area contributed by atoms with E-state index in [0.717, 1.165) is 0 Å². The first kappa shape index (κ1) is 26.5. The predicted molar refractivity (Wildman–Crippen MR) is 132 cm³/mol. The molecule has 1 amide bonds. The normalized spacial score (nSPS) is 10.5. The molecule has 0 fully saturated rings. The second-order valence-electron chi connectivity index (χ2n) is 7.22. The van der Waals surface area contributed by atoms with E-state index < -0.39 is 16.8 Å². The van der Waals surface area contributed by atoms with Crippen LogP contribution in [0.15, 0.2) is 59.7 Å². The van der Waals surface area contributed by atoms with Crippen LogP contribution >= 0.6 is 0 Å². The minimum Gasteiger partial charge on any atom is -0.493 e. The van der Waals surface area contributed by atoms with Gasteiger partial charge in [-0.1, -0.05) is 0 Å². The molecule has 0 radical (unpaired) electrons. The van der Waals surface area contributed by atoms with Crippen LogP contribution in [-0.4, -0.2) is 51.5 Å². The number of benzene rings is 3. The van der Waals surface area contributed by atoms with Crippen molar-refractivity contribution in [1.29, 1.82) is 0 Å². The number of esters is 1. The lowest BCUT2D eigenvalue weighted by atomic mass is 10.1. The average molecular weight is 509 g/mol. The number of amides is 1. The third-order valence-corrected chi connectivity index (χ3v) is 5.01. The molecular weight excluding hydrogens is 486 g/mol. The highest BCUT2D eigenvalue weighted by Crippen LogP contribution is 2.38.